The summed E-state index contributed by atoms with van der Waals surface area (Å²) in [4.78, 5) is 2.32. The first-order valence-electron chi connectivity index (χ1n) is 6.52. The lowest BCUT2D eigenvalue weighted by atomic mass is 10.0. The fourth-order valence-electron chi connectivity index (χ4n) is 2.03. The minimum Gasteiger partial charge on any atom is -0.496 e. The Kier molecular flexibility index (Phi) is 5.63. The van der Waals surface area contributed by atoms with Crippen molar-refractivity contribution in [2.45, 2.75) is 39.8 Å². The zero-order chi connectivity index (χ0) is 13.7. The molecule has 0 saturated carbocycles. The van der Waals surface area contributed by atoms with Gasteiger partial charge in [-0.15, -0.1) is 0 Å². The Morgan fingerprint density at radius 3 is 2.50 bits per heavy atom. The minimum absolute atomic E-state index is 0.270. The third-order valence-corrected chi connectivity index (χ3v) is 3.26. The number of hydrogen-bond acceptors (Lipinski definition) is 3. The van der Waals surface area contributed by atoms with Gasteiger partial charge in [0.05, 0.1) is 7.11 Å². The zero-order valence-corrected chi connectivity index (χ0v) is 12.3. The number of aryl methyl sites for hydroxylation is 2. The van der Waals surface area contributed by atoms with Gasteiger partial charge in [-0.1, -0.05) is 6.07 Å². The van der Waals surface area contributed by atoms with Gasteiger partial charge in [0.15, 0.2) is 0 Å². The first-order valence-corrected chi connectivity index (χ1v) is 6.52. The monoisotopic (exact) mass is 250 g/mol. The Labute approximate surface area is 111 Å². The predicted molar refractivity (Wildman–Crippen MR) is 77.1 cm³/mol. The van der Waals surface area contributed by atoms with Gasteiger partial charge in [0, 0.05) is 12.6 Å². The summed E-state index contributed by atoms with van der Waals surface area (Å²) in [6.45, 7) is 8.27. The van der Waals surface area contributed by atoms with Crippen LogP contribution in [0.4, 0.5) is 0 Å². The van der Waals surface area contributed by atoms with Crippen LogP contribution in [0.5, 0.6) is 5.75 Å². The van der Waals surface area contributed by atoms with Crippen LogP contribution in [0.3, 0.4) is 0 Å². The smallest absolute Gasteiger partial charge is 0.122 e. The Morgan fingerprint density at radius 1 is 1.28 bits per heavy atom. The van der Waals surface area contributed by atoms with Gasteiger partial charge in [-0.25, -0.2) is 0 Å². The average molecular weight is 250 g/mol. The number of ether oxygens (including phenoxy) is 1. The van der Waals surface area contributed by atoms with Gasteiger partial charge in [-0.3, -0.25) is 0 Å². The first-order chi connectivity index (χ1) is 8.43. The molecule has 3 nitrogen and oxygen atoms in total. The number of methoxy groups -OCH3 is 1. The summed E-state index contributed by atoms with van der Waals surface area (Å²) in [5.41, 5.74) is 9.62. The lowest BCUT2D eigenvalue weighted by molar-refractivity contribution is 0.312. The Hall–Kier alpha value is -1.06. The summed E-state index contributed by atoms with van der Waals surface area (Å²) in [6, 6.07) is 4.60. The highest BCUT2D eigenvalue weighted by Crippen LogP contribution is 2.23. The molecule has 0 heterocycles. The van der Waals surface area contributed by atoms with Crippen molar-refractivity contribution in [3.05, 3.63) is 28.8 Å². The maximum Gasteiger partial charge on any atom is 0.122 e. The van der Waals surface area contributed by atoms with E-state index in [2.05, 4.69) is 44.9 Å². The van der Waals surface area contributed by atoms with Crippen LogP contribution in [-0.4, -0.2) is 31.6 Å². The molecule has 18 heavy (non-hydrogen) atoms. The van der Waals surface area contributed by atoms with E-state index in [0.29, 0.717) is 0 Å². The predicted octanol–water partition coefficient (Wildman–Crippen LogP) is 2.48. The molecule has 0 spiro atoms. The minimum atomic E-state index is 0.270. The number of nitrogens with two attached hydrogens (primary N) is 1. The standard InChI is InChI=1S/C15H26N2O/c1-11-9-15(18-5)12(2)8-14(11)10-17(4)7-6-13(3)16/h8-9,13H,6-7,10,16H2,1-5H3. The van der Waals surface area contributed by atoms with Gasteiger partial charge in [0.2, 0.25) is 0 Å². The van der Waals surface area contributed by atoms with Crippen LogP contribution >= 0.6 is 0 Å². The molecular weight excluding hydrogens is 224 g/mol. The fourth-order valence-corrected chi connectivity index (χ4v) is 2.03. The summed E-state index contributed by atoms with van der Waals surface area (Å²) >= 11 is 0. The Balaban J connectivity index is 2.69. The van der Waals surface area contributed by atoms with Crippen molar-refractivity contribution in [3.8, 4) is 5.75 Å². The normalized spacial score (nSPS) is 12.8. The lowest BCUT2D eigenvalue weighted by Gasteiger charge is -2.20. The van der Waals surface area contributed by atoms with E-state index in [0.717, 1.165) is 25.3 Å². The molecule has 0 radical (unpaired) electrons. The second-order valence-corrected chi connectivity index (χ2v) is 5.25. The van der Waals surface area contributed by atoms with Crippen molar-refractivity contribution in [1.82, 2.24) is 4.90 Å². The molecule has 102 valence electrons. The molecule has 0 amide bonds. The third kappa shape index (κ3) is 4.31. The van der Waals surface area contributed by atoms with Gasteiger partial charge in [-0.05, 0) is 63.5 Å². The average Bonchev–Trinajstić information content (AvgIpc) is 2.30. The van der Waals surface area contributed by atoms with E-state index in [1.165, 1.54) is 16.7 Å². The molecule has 0 aliphatic heterocycles. The van der Waals surface area contributed by atoms with Crippen LogP contribution in [0.1, 0.15) is 30.0 Å². The van der Waals surface area contributed by atoms with E-state index in [1.54, 1.807) is 7.11 Å². The van der Waals surface area contributed by atoms with E-state index in [1.807, 2.05) is 0 Å². The van der Waals surface area contributed by atoms with Crippen LogP contribution in [0, 0.1) is 13.8 Å². The van der Waals surface area contributed by atoms with E-state index < -0.39 is 0 Å². The molecular formula is C15H26N2O. The molecule has 0 aliphatic rings. The van der Waals surface area contributed by atoms with Gasteiger partial charge in [-0.2, -0.15) is 0 Å². The summed E-state index contributed by atoms with van der Waals surface area (Å²) in [5, 5.41) is 0. The third-order valence-electron chi connectivity index (χ3n) is 3.26. The molecule has 0 saturated heterocycles. The summed E-state index contributed by atoms with van der Waals surface area (Å²) in [5.74, 6) is 0.967. The number of hydrogen-bond donors (Lipinski definition) is 1. The van der Waals surface area contributed by atoms with Crippen molar-refractivity contribution >= 4 is 0 Å². The quantitative estimate of drug-likeness (QED) is 0.843. The summed E-state index contributed by atoms with van der Waals surface area (Å²) in [6.07, 6.45) is 1.03. The van der Waals surface area contributed by atoms with Gasteiger partial charge in [0.1, 0.15) is 5.75 Å². The van der Waals surface area contributed by atoms with Crippen molar-refractivity contribution < 1.29 is 4.74 Å². The van der Waals surface area contributed by atoms with Crippen LogP contribution in [0.25, 0.3) is 0 Å². The van der Waals surface area contributed by atoms with Crippen molar-refractivity contribution in [2.24, 2.45) is 5.73 Å². The van der Waals surface area contributed by atoms with E-state index >= 15 is 0 Å². The SMILES string of the molecule is COc1cc(C)c(CN(C)CCC(C)N)cc1C. The maximum absolute atomic E-state index is 5.78. The molecule has 0 aromatic heterocycles. The largest absolute Gasteiger partial charge is 0.496 e. The Bertz CT molecular complexity index is 388. The maximum atomic E-state index is 5.78. The van der Waals surface area contributed by atoms with Crippen molar-refractivity contribution in [2.75, 3.05) is 20.7 Å². The topological polar surface area (TPSA) is 38.5 Å². The molecule has 2 N–H and O–H groups in total. The molecule has 1 unspecified atom stereocenters. The molecule has 0 aliphatic carbocycles. The number of nitrogens with zero attached hydrogens (tertiary/aromatic N) is 1. The van der Waals surface area contributed by atoms with Gasteiger partial charge >= 0.3 is 0 Å². The van der Waals surface area contributed by atoms with Crippen molar-refractivity contribution in [3.63, 3.8) is 0 Å². The number of benzene rings is 1. The van der Waals surface area contributed by atoms with Crippen LogP contribution in [0.2, 0.25) is 0 Å². The molecule has 1 aromatic carbocycles. The second-order valence-electron chi connectivity index (χ2n) is 5.25. The molecule has 1 rings (SSSR count). The molecule has 1 atom stereocenters. The highest BCUT2D eigenvalue weighted by atomic mass is 16.5. The first kappa shape index (κ1) is 15.0. The highest BCUT2D eigenvalue weighted by Gasteiger charge is 2.08. The molecule has 0 bridgehead atoms. The van der Waals surface area contributed by atoms with Crippen LogP contribution < -0.4 is 10.5 Å². The molecule has 1 aromatic rings. The van der Waals surface area contributed by atoms with E-state index in [9.17, 15) is 0 Å². The molecule has 3 heteroatoms. The summed E-state index contributed by atoms with van der Waals surface area (Å²) < 4.78 is 5.33. The Morgan fingerprint density at radius 2 is 1.94 bits per heavy atom. The molecule has 0 fully saturated rings. The van der Waals surface area contributed by atoms with Crippen LogP contribution in [0.15, 0.2) is 12.1 Å². The lowest BCUT2D eigenvalue weighted by Crippen LogP contribution is -2.26. The second kappa shape index (κ2) is 6.76. The van der Waals surface area contributed by atoms with E-state index in [-0.39, 0.29) is 6.04 Å². The van der Waals surface area contributed by atoms with Gasteiger partial charge in [0.25, 0.3) is 0 Å². The van der Waals surface area contributed by atoms with Gasteiger partial charge < -0.3 is 15.4 Å². The van der Waals surface area contributed by atoms with Crippen LogP contribution in [-0.2, 0) is 6.54 Å². The number of rotatable bonds is 6. The van der Waals surface area contributed by atoms with E-state index in [4.69, 9.17) is 10.5 Å². The highest BCUT2D eigenvalue weighted by molar-refractivity contribution is 5.41. The fraction of sp³-hybridized carbons (Fsp3) is 0.600. The zero-order valence-electron chi connectivity index (χ0n) is 12.3. The summed E-state index contributed by atoms with van der Waals surface area (Å²) in [7, 11) is 3.86. The van der Waals surface area contributed by atoms with Crippen molar-refractivity contribution in [1.29, 1.82) is 0 Å².